The average molecular weight is 365 g/mol. The molecular formula is C21H17ClN2O2. The van der Waals surface area contributed by atoms with Crippen molar-refractivity contribution < 1.29 is 9.47 Å². The number of methoxy groups -OCH3 is 2. The van der Waals surface area contributed by atoms with E-state index in [1.54, 1.807) is 14.2 Å². The van der Waals surface area contributed by atoms with Crippen molar-refractivity contribution in [3.63, 3.8) is 0 Å². The summed E-state index contributed by atoms with van der Waals surface area (Å²) in [6.07, 6.45) is 0. The molecule has 0 spiro atoms. The first kappa shape index (κ1) is 16.5. The lowest BCUT2D eigenvalue weighted by molar-refractivity contribution is 0.398. The zero-order chi connectivity index (χ0) is 18.1. The Morgan fingerprint density at radius 2 is 1.62 bits per heavy atom. The molecule has 1 heterocycles. The zero-order valence-corrected chi connectivity index (χ0v) is 15.2. The van der Waals surface area contributed by atoms with Crippen LogP contribution in [0, 0.1) is 0 Å². The van der Waals surface area contributed by atoms with Crippen LogP contribution in [0.15, 0.2) is 66.7 Å². The van der Waals surface area contributed by atoms with Crippen LogP contribution in [0.4, 0.5) is 0 Å². The van der Waals surface area contributed by atoms with Gasteiger partial charge in [-0.25, -0.2) is 4.68 Å². The molecule has 3 aromatic carbocycles. The quantitative estimate of drug-likeness (QED) is 0.489. The first-order chi connectivity index (χ1) is 12.7. The predicted molar refractivity (Wildman–Crippen MR) is 105 cm³/mol. The number of ether oxygens (including phenoxy) is 2. The monoisotopic (exact) mass is 364 g/mol. The second-order valence-electron chi connectivity index (χ2n) is 5.83. The van der Waals surface area contributed by atoms with Crippen LogP contribution < -0.4 is 9.47 Å². The van der Waals surface area contributed by atoms with Gasteiger partial charge in [-0.2, -0.15) is 5.10 Å². The van der Waals surface area contributed by atoms with E-state index < -0.39 is 0 Å². The number of benzene rings is 3. The van der Waals surface area contributed by atoms with Gasteiger partial charge in [0.15, 0.2) is 0 Å². The van der Waals surface area contributed by atoms with Crippen molar-refractivity contribution in [2.24, 2.45) is 0 Å². The van der Waals surface area contributed by atoms with Crippen LogP contribution in [-0.2, 0) is 0 Å². The highest BCUT2D eigenvalue weighted by Gasteiger charge is 2.19. The van der Waals surface area contributed by atoms with Crippen molar-refractivity contribution >= 4 is 22.5 Å². The number of fused-ring (bicyclic) bond motifs is 1. The molecule has 0 saturated heterocycles. The van der Waals surface area contributed by atoms with Gasteiger partial charge in [-0.05, 0) is 24.3 Å². The molecule has 0 bridgehead atoms. The van der Waals surface area contributed by atoms with Crippen LogP contribution in [0.1, 0.15) is 0 Å². The highest BCUT2D eigenvalue weighted by atomic mass is 35.5. The van der Waals surface area contributed by atoms with Crippen molar-refractivity contribution in [2.75, 3.05) is 14.2 Å². The molecule has 4 aromatic rings. The van der Waals surface area contributed by atoms with Crippen LogP contribution in [0.2, 0.25) is 5.02 Å². The maximum Gasteiger partial charge on any atom is 0.134 e. The zero-order valence-electron chi connectivity index (χ0n) is 14.4. The molecule has 0 aliphatic rings. The summed E-state index contributed by atoms with van der Waals surface area (Å²) in [6.45, 7) is 0. The number of nitrogens with zero attached hydrogens (tertiary/aromatic N) is 2. The summed E-state index contributed by atoms with van der Waals surface area (Å²) in [5.74, 6) is 1.43. The van der Waals surface area contributed by atoms with E-state index in [1.165, 1.54) is 0 Å². The molecule has 0 amide bonds. The maximum absolute atomic E-state index is 6.05. The number of halogens is 1. The molecule has 4 nitrogen and oxygen atoms in total. The topological polar surface area (TPSA) is 36.3 Å². The second kappa shape index (κ2) is 6.73. The van der Waals surface area contributed by atoms with Crippen molar-refractivity contribution in [1.82, 2.24) is 9.78 Å². The van der Waals surface area contributed by atoms with Gasteiger partial charge in [-0.3, -0.25) is 0 Å². The molecule has 0 aliphatic carbocycles. The summed E-state index contributed by atoms with van der Waals surface area (Å²) in [5, 5.41) is 6.50. The Labute approximate surface area is 156 Å². The molecule has 26 heavy (non-hydrogen) atoms. The average Bonchev–Trinajstić information content (AvgIpc) is 3.08. The molecule has 0 saturated carbocycles. The van der Waals surface area contributed by atoms with Gasteiger partial charge in [0.2, 0.25) is 0 Å². The Morgan fingerprint density at radius 1 is 0.885 bits per heavy atom. The minimum atomic E-state index is 0.689. The molecule has 0 aliphatic heterocycles. The molecule has 1 aromatic heterocycles. The largest absolute Gasteiger partial charge is 0.497 e. The van der Waals surface area contributed by atoms with Gasteiger partial charge >= 0.3 is 0 Å². The van der Waals surface area contributed by atoms with Crippen LogP contribution in [0.5, 0.6) is 11.5 Å². The van der Waals surface area contributed by atoms with E-state index >= 15 is 0 Å². The van der Waals surface area contributed by atoms with Crippen LogP contribution in [0.3, 0.4) is 0 Å². The molecule has 5 heteroatoms. The standard InChI is InChI=1S/C21H17ClN2O2/c1-25-17-12-18-20(19(13-17)26-2)21(14-8-10-15(22)11-9-14)23-24(18)16-6-4-3-5-7-16/h3-13H,1-2H3. The van der Waals surface area contributed by atoms with Gasteiger partial charge in [-0.15, -0.1) is 0 Å². The van der Waals surface area contributed by atoms with Crippen molar-refractivity contribution in [1.29, 1.82) is 0 Å². The molecule has 0 atom stereocenters. The Balaban J connectivity index is 2.07. The smallest absolute Gasteiger partial charge is 0.134 e. The summed E-state index contributed by atoms with van der Waals surface area (Å²) < 4.78 is 13.0. The van der Waals surface area contributed by atoms with E-state index in [1.807, 2.05) is 71.4 Å². The highest BCUT2D eigenvalue weighted by molar-refractivity contribution is 6.30. The van der Waals surface area contributed by atoms with Crippen molar-refractivity contribution in [3.05, 3.63) is 71.8 Å². The van der Waals surface area contributed by atoms with E-state index in [0.717, 1.165) is 27.8 Å². The first-order valence-corrected chi connectivity index (χ1v) is 8.55. The number of hydrogen-bond acceptors (Lipinski definition) is 3. The second-order valence-corrected chi connectivity index (χ2v) is 6.26. The summed E-state index contributed by atoms with van der Waals surface area (Å²) in [6, 6.07) is 21.5. The third-order valence-electron chi connectivity index (χ3n) is 4.29. The Bertz CT molecular complexity index is 1060. The lowest BCUT2D eigenvalue weighted by Crippen LogP contribution is -1.96. The Morgan fingerprint density at radius 3 is 2.27 bits per heavy atom. The van der Waals surface area contributed by atoms with Gasteiger partial charge in [0.05, 0.1) is 30.8 Å². The minimum absolute atomic E-state index is 0.689. The number of para-hydroxylation sites is 1. The fourth-order valence-corrected chi connectivity index (χ4v) is 3.17. The highest BCUT2D eigenvalue weighted by Crippen LogP contribution is 2.39. The number of rotatable bonds is 4. The van der Waals surface area contributed by atoms with Gasteiger partial charge < -0.3 is 9.47 Å². The fourth-order valence-electron chi connectivity index (χ4n) is 3.04. The molecule has 0 N–H and O–H groups in total. The van der Waals surface area contributed by atoms with Gasteiger partial charge in [-0.1, -0.05) is 41.9 Å². The van der Waals surface area contributed by atoms with E-state index in [2.05, 4.69) is 0 Å². The molecule has 0 radical (unpaired) electrons. The molecule has 0 fully saturated rings. The number of hydrogen-bond donors (Lipinski definition) is 0. The van der Waals surface area contributed by atoms with Gasteiger partial charge in [0.25, 0.3) is 0 Å². The molecule has 4 rings (SSSR count). The predicted octanol–water partition coefficient (Wildman–Crippen LogP) is 5.36. The van der Waals surface area contributed by atoms with E-state index in [0.29, 0.717) is 16.5 Å². The SMILES string of the molecule is COc1cc(OC)c2c(-c3ccc(Cl)cc3)nn(-c3ccccc3)c2c1. The lowest BCUT2D eigenvalue weighted by atomic mass is 10.1. The molecule has 0 unspecified atom stereocenters. The Kier molecular flexibility index (Phi) is 4.27. The fraction of sp³-hybridized carbons (Fsp3) is 0.0952. The summed E-state index contributed by atoms with van der Waals surface area (Å²) in [5.41, 5.74) is 3.68. The minimum Gasteiger partial charge on any atom is -0.497 e. The first-order valence-electron chi connectivity index (χ1n) is 8.17. The van der Waals surface area contributed by atoms with Crippen molar-refractivity contribution in [2.45, 2.75) is 0 Å². The summed E-state index contributed by atoms with van der Waals surface area (Å²) in [4.78, 5) is 0. The number of aromatic nitrogens is 2. The van der Waals surface area contributed by atoms with Crippen LogP contribution in [-0.4, -0.2) is 24.0 Å². The van der Waals surface area contributed by atoms with E-state index in [4.69, 9.17) is 26.2 Å². The van der Waals surface area contributed by atoms with Crippen LogP contribution in [0.25, 0.3) is 27.8 Å². The summed E-state index contributed by atoms with van der Waals surface area (Å²) >= 11 is 6.05. The lowest BCUT2D eigenvalue weighted by Gasteiger charge is -2.08. The van der Waals surface area contributed by atoms with E-state index in [-0.39, 0.29) is 0 Å². The van der Waals surface area contributed by atoms with Gasteiger partial charge in [0, 0.05) is 22.7 Å². The maximum atomic E-state index is 6.05. The van der Waals surface area contributed by atoms with Crippen molar-refractivity contribution in [3.8, 4) is 28.4 Å². The van der Waals surface area contributed by atoms with E-state index in [9.17, 15) is 0 Å². The summed E-state index contributed by atoms with van der Waals surface area (Å²) in [7, 11) is 3.30. The third-order valence-corrected chi connectivity index (χ3v) is 4.55. The molecule has 130 valence electrons. The normalized spacial score (nSPS) is 10.9. The van der Waals surface area contributed by atoms with Crippen LogP contribution >= 0.6 is 11.6 Å². The molecular weight excluding hydrogens is 348 g/mol. The van der Waals surface area contributed by atoms with Gasteiger partial charge in [0.1, 0.15) is 17.2 Å². The third kappa shape index (κ3) is 2.78. The Hall–Kier alpha value is -2.98.